The van der Waals surface area contributed by atoms with Crippen LogP contribution in [-0.4, -0.2) is 64.0 Å². The number of nitrogens with one attached hydrogen (secondary N) is 1. The van der Waals surface area contributed by atoms with Crippen molar-refractivity contribution in [1.82, 2.24) is 10.3 Å². The average Bonchev–Trinajstić information content (AvgIpc) is 2.74. The third kappa shape index (κ3) is 6.63. The minimum atomic E-state index is -4.60. The number of sulfone groups is 1. The zero-order valence-electron chi connectivity index (χ0n) is 16.9. The zero-order valence-corrected chi connectivity index (χ0v) is 17.7. The minimum Gasteiger partial charge on any atom is -0.397 e. The molecule has 1 aromatic heterocycles. The fourth-order valence-electron chi connectivity index (χ4n) is 2.47. The molecule has 2 aromatic rings. The predicted molar refractivity (Wildman–Crippen MR) is 107 cm³/mol. The molecule has 0 aliphatic heterocycles. The Kier molecular flexibility index (Phi) is 8.55. The zero-order chi connectivity index (χ0) is 23.9. The van der Waals surface area contributed by atoms with Crippen LogP contribution in [0.1, 0.15) is 16.1 Å². The molecule has 176 valence electrons. The first kappa shape index (κ1) is 25.5. The lowest BCUT2D eigenvalue weighted by Crippen LogP contribution is -2.35. The summed E-state index contributed by atoms with van der Waals surface area (Å²) in [5, 5.41) is 12.2. The minimum absolute atomic E-state index is 0.0448. The van der Waals surface area contributed by atoms with Crippen LogP contribution in [-0.2, 0) is 25.5 Å². The van der Waals surface area contributed by atoms with E-state index in [0.717, 1.165) is 24.4 Å². The molecule has 13 heteroatoms. The van der Waals surface area contributed by atoms with Crippen molar-refractivity contribution in [3.63, 3.8) is 0 Å². The Balaban J connectivity index is 2.08. The molecule has 1 unspecified atom stereocenters. The number of carbonyl (C=O) groups excluding carboxylic acids is 1. The van der Waals surface area contributed by atoms with Gasteiger partial charge in [-0.15, -0.1) is 0 Å². The molecule has 1 atom stereocenters. The first-order valence-corrected chi connectivity index (χ1v) is 10.7. The molecular formula is C19H22F3N3O6S. The maximum Gasteiger partial charge on any atom is 0.416 e. The van der Waals surface area contributed by atoms with Gasteiger partial charge in [-0.3, -0.25) is 4.79 Å². The summed E-state index contributed by atoms with van der Waals surface area (Å²) in [5.74, 6) is -0.753. The molecule has 32 heavy (non-hydrogen) atoms. The Morgan fingerprint density at radius 2 is 1.88 bits per heavy atom. The van der Waals surface area contributed by atoms with Gasteiger partial charge < -0.3 is 25.6 Å². The van der Waals surface area contributed by atoms with Crippen LogP contribution < -0.4 is 11.1 Å². The maximum atomic E-state index is 12.7. The van der Waals surface area contributed by atoms with Crippen LogP contribution in [0.5, 0.6) is 0 Å². The molecule has 0 aliphatic rings. The lowest BCUT2D eigenvalue weighted by Gasteiger charge is -2.13. The fraction of sp³-hybridized carbons (Fsp3) is 0.368. The van der Waals surface area contributed by atoms with E-state index in [9.17, 15) is 31.5 Å². The van der Waals surface area contributed by atoms with Crippen LogP contribution in [0.3, 0.4) is 0 Å². The summed E-state index contributed by atoms with van der Waals surface area (Å²) >= 11 is 0. The number of nitrogens with zero attached hydrogens (tertiary/aromatic N) is 1. The molecule has 2 rings (SSSR count). The number of nitrogen functional groups attached to an aromatic ring is 1. The van der Waals surface area contributed by atoms with Crippen molar-refractivity contribution in [2.45, 2.75) is 22.1 Å². The molecule has 0 spiro atoms. The lowest BCUT2D eigenvalue weighted by atomic mass is 10.2. The topological polar surface area (TPSA) is 141 Å². The standard InChI is InChI=1S/C19H22F3N3O6S/c1-30-6-7-31-11-13(26)9-25-18(27)17-16(23)8-15(10-24-17)32(28,29)14-4-2-12(3-5-14)19(20,21)22/h2-5,8,10,13,26H,6-7,9,11,23H2,1H3,(H,25,27). The second kappa shape index (κ2) is 10.7. The Morgan fingerprint density at radius 3 is 2.44 bits per heavy atom. The normalized spacial score (nSPS) is 13.0. The molecule has 0 bridgehead atoms. The van der Waals surface area contributed by atoms with Gasteiger partial charge in [0.15, 0.2) is 5.69 Å². The van der Waals surface area contributed by atoms with Crippen molar-refractivity contribution in [1.29, 1.82) is 0 Å². The van der Waals surface area contributed by atoms with Crippen molar-refractivity contribution < 1.29 is 41.0 Å². The molecule has 1 aromatic carbocycles. The first-order chi connectivity index (χ1) is 15.0. The summed E-state index contributed by atoms with van der Waals surface area (Å²) in [6.45, 7) is 0.404. The van der Waals surface area contributed by atoms with E-state index in [2.05, 4.69) is 10.3 Å². The van der Waals surface area contributed by atoms with Gasteiger partial charge in [-0.05, 0) is 30.3 Å². The van der Waals surface area contributed by atoms with Gasteiger partial charge in [0.1, 0.15) is 0 Å². The molecule has 1 heterocycles. The number of nitrogens with two attached hydrogens (primary N) is 1. The highest BCUT2D eigenvalue weighted by atomic mass is 32.2. The number of halogens is 3. The number of hydrogen-bond acceptors (Lipinski definition) is 8. The third-order valence-electron chi connectivity index (χ3n) is 4.15. The molecule has 0 saturated carbocycles. The summed E-state index contributed by atoms with van der Waals surface area (Å²) in [7, 11) is -2.72. The van der Waals surface area contributed by atoms with Crippen LogP contribution in [0.15, 0.2) is 46.3 Å². The SMILES string of the molecule is COCCOCC(O)CNC(=O)c1ncc(S(=O)(=O)c2ccc(C(F)(F)F)cc2)cc1N. The number of aromatic nitrogens is 1. The average molecular weight is 477 g/mol. The van der Waals surface area contributed by atoms with Crippen LogP contribution in [0.4, 0.5) is 18.9 Å². The van der Waals surface area contributed by atoms with Crippen molar-refractivity contribution in [2.24, 2.45) is 0 Å². The number of aliphatic hydroxyl groups is 1. The van der Waals surface area contributed by atoms with Gasteiger partial charge in [0.2, 0.25) is 9.84 Å². The van der Waals surface area contributed by atoms with E-state index in [4.69, 9.17) is 15.2 Å². The highest BCUT2D eigenvalue weighted by molar-refractivity contribution is 7.91. The molecule has 1 amide bonds. The number of amides is 1. The van der Waals surface area contributed by atoms with Crippen molar-refractivity contribution in [2.75, 3.05) is 39.2 Å². The van der Waals surface area contributed by atoms with E-state index in [1.165, 1.54) is 7.11 Å². The highest BCUT2D eigenvalue weighted by Gasteiger charge is 2.31. The fourth-order valence-corrected chi connectivity index (χ4v) is 3.71. The van der Waals surface area contributed by atoms with Gasteiger partial charge in [-0.1, -0.05) is 0 Å². The maximum absolute atomic E-state index is 12.7. The second-order valence-corrected chi connectivity index (χ2v) is 8.52. The highest BCUT2D eigenvalue weighted by Crippen LogP contribution is 2.31. The van der Waals surface area contributed by atoms with Crippen LogP contribution >= 0.6 is 0 Å². The summed E-state index contributed by atoms with van der Waals surface area (Å²) in [4.78, 5) is 15.2. The van der Waals surface area contributed by atoms with Gasteiger partial charge in [0.25, 0.3) is 5.91 Å². The summed E-state index contributed by atoms with van der Waals surface area (Å²) < 4.78 is 73.3. The van der Waals surface area contributed by atoms with E-state index >= 15 is 0 Å². The number of hydrogen-bond donors (Lipinski definition) is 3. The number of pyridine rings is 1. The van der Waals surface area contributed by atoms with E-state index in [1.807, 2.05) is 0 Å². The number of aliphatic hydroxyl groups excluding tert-OH is 1. The van der Waals surface area contributed by atoms with E-state index in [0.29, 0.717) is 18.7 Å². The van der Waals surface area contributed by atoms with Gasteiger partial charge >= 0.3 is 6.18 Å². The molecule has 9 nitrogen and oxygen atoms in total. The first-order valence-electron chi connectivity index (χ1n) is 9.17. The lowest BCUT2D eigenvalue weighted by molar-refractivity contribution is -0.137. The number of alkyl halides is 3. The van der Waals surface area contributed by atoms with Crippen LogP contribution in [0.2, 0.25) is 0 Å². The molecular weight excluding hydrogens is 455 g/mol. The predicted octanol–water partition coefficient (Wildman–Crippen LogP) is 1.27. The van der Waals surface area contributed by atoms with Crippen molar-refractivity contribution in [3.05, 3.63) is 47.8 Å². The summed E-state index contributed by atoms with van der Waals surface area (Å²) in [6.07, 6.45) is -4.73. The largest absolute Gasteiger partial charge is 0.416 e. The number of anilines is 1. The van der Waals surface area contributed by atoms with Crippen molar-refractivity contribution in [3.8, 4) is 0 Å². The molecule has 0 fully saturated rings. The van der Waals surface area contributed by atoms with Gasteiger partial charge in [0.05, 0.1) is 47.0 Å². The Bertz CT molecular complexity index is 1030. The number of benzene rings is 1. The Morgan fingerprint density at radius 1 is 1.22 bits per heavy atom. The molecule has 0 saturated heterocycles. The number of carbonyl (C=O) groups is 1. The van der Waals surface area contributed by atoms with Gasteiger partial charge in [-0.25, -0.2) is 13.4 Å². The van der Waals surface area contributed by atoms with Gasteiger partial charge in [0, 0.05) is 19.9 Å². The quantitative estimate of drug-likeness (QED) is 0.435. The van der Waals surface area contributed by atoms with Gasteiger partial charge in [-0.2, -0.15) is 13.2 Å². The smallest absolute Gasteiger partial charge is 0.397 e. The van der Waals surface area contributed by atoms with E-state index < -0.39 is 38.5 Å². The molecule has 4 N–H and O–H groups in total. The Labute approximate surface area is 182 Å². The number of methoxy groups -OCH3 is 1. The second-order valence-electron chi connectivity index (χ2n) is 6.57. The third-order valence-corrected chi connectivity index (χ3v) is 5.89. The Hall–Kier alpha value is -2.74. The number of rotatable bonds is 10. The van der Waals surface area contributed by atoms with Crippen LogP contribution in [0.25, 0.3) is 0 Å². The summed E-state index contributed by atoms with van der Waals surface area (Å²) in [5.41, 5.74) is 4.23. The monoisotopic (exact) mass is 477 g/mol. The molecule has 0 radical (unpaired) electrons. The number of ether oxygens (including phenoxy) is 2. The molecule has 0 aliphatic carbocycles. The van der Waals surface area contributed by atoms with Crippen LogP contribution in [0, 0.1) is 0 Å². The van der Waals surface area contributed by atoms with Crippen molar-refractivity contribution >= 4 is 21.4 Å². The van der Waals surface area contributed by atoms with E-state index in [-0.39, 0.29) is 36.0 Å². The van der Waals surface area contributed by atoms with E-state index in [1.54, 1.807) is 0 Å². The summed E-state index contributed by atoms with van der Waals surface area (Å²) in [6, 6.07) is 3.93.